The number of aromatic nitrogens is 3. The maximum atomic E-state index is 11.9. The molecule has 3 aromatic rings. The Hall–Kier alpha value is -6.67. The van der Waals surface area contributed by atoms with Crippen molar-refractivity contribution in [3.8, 4) is 0 Å². The SMILES string of the molecule is CC(C)(C)C(=O)Cl.CC(C)(C)C(=O)OC(=O)/C=C/c1ccccn1.O=C(O)/C=C/c1ccccn1.O=C1C=CCCCN1.O=C1C=CCCCN1C(=O)/C=C/c1ccccn1. The predicted molar refractivity (Wildman–Crippen MR) is 235 cm³/mol. The predicted octanol–water partition coefficient (Wildman–Crippen LogP) is 7.44. The number of carboxylic acid groups (broad SMARTS) is 1. The molecule has 2 N–H and O–H groups in total. The van der Waals surface area contributed by atoms with E-state index in [-0.39, 0.29) is 28.4 Å². The van der Waals surface area contributed by atoms with Gasteiger partial charge in [-0.05, 0) is 125 Å². The lowest BCUT2D eigenvalue weighted by molar-refractivity contribution is -0.162. The Morgan fingerprint density at radius 1 is 0.705 bits per heavy atom. The zero-order chi connectivity index (χ0) is 45.7. The fourth-order valence-corrected chi connectivity index (χ4v) is 3.91. The van der Waals surface area contributed by atoms with Gasteiger partial charge in [0.05, 0.1) is 22.5 Å². The van der Waals surface area contributed by atoms with Crippen LogP contribution in [0.5, 0.6) is 0 Å². The molecule has 324 valence electrons. The third-order valence-corrected chi connectivity index (χ3v) is 7.87. The van der Waals surface area contributed by atoms with Crippen LogP contribution in [-0.4, -0.2) is 78.9 Å². The molecule has 0 aliphatic carbocycles. The summed E-state index contributed by atoms with van der Waals surface area (Å²) < 4.78 is 4.64. The van der Waals surface area contributed by atoms with Gasteiger partial charge >= 0.3 is 17.9 Å². The van der Waals surface area contributed by atoms with Crippen LogP contribution in [0, 0.1) is 10.8 Å². The molecule has 3 aromatic heterocycles. The Morgan fingerprint density at radius 3 is 1.64 bits per heavy atom. The number of rotatable bonds is 6. The molecule has 2 aliphatic heterocycles. The van der Waals surface area contributed by atoms with Crippen LogP contribution in [0.1, 0.15) is 84.3 Å². The van der Waals surface area contributed by atoms with E-state index in [2.05, 4.69) is 25.0 Å². The van der Waals surface area contributed by atoms with Gasteiger partial charge in [0, 0.05) is 55.3 Å². The number of esters is 2. The summed E-state index contributed by atoms with van der Waals surface area (Å²) in [6, 6.07) is 16.1. The van der Waals surface area contributed by atoms with Crippen LogP contribution >= 0.6 is 11.6 Å². The molecule has 0 spiro atoms. The summed E-state index contributed by atoms with van der Waals surface area (Å²) in [5.41, 5.74) is 0.919. The summed E-state index contributed by atoms with van der Waals surface area (Å²) in [5.74, 6) is -2.69. The first-order valence-electron chi connectivity index (χ1n) is 19.2. The second kappa shape index (κ2) is 28.7. The average molecular weight is 856 g/mol. The number of carboxylic acids is 1. The molecule has 5 rings (SSSR count). The van der Waals surface area contributed by atoms with Crippen LogP contribution in [0.2, 0.25) is 0 Å². The number of amides is 3. The largest absolute Gasteiger partial charge is 0.478 e. The van der Waals surface area contributed by atoms with Gasteiger partial charge in [0.15, 0.2) is 0 Å². The van der Waals surface area contributed by atoms with Crippen LogP contribution in [0.15, 0.2) is 116 Å². The number of nitrogens with zero attached hydrogens (tertiary/aromatic N) is 4. The Kier molecular flexibility index (Phi) is 24.6. The normalized spacial score (nSPS) is 13.7. The molecule has 5 heterocycles. The Morgan fingerprint density at radius 2 is 1.18 bits per heavy atom. The molecule has 0 unspecified atom stereocenters. The zero-order valence-electron chi connectivity index (χ0n) is 35.3. The molecule has 0 fully saturated rings. The van der Waals surface area contributed by atoms with Crippen LogP contribution in [0.3, 0.4) is 0 Å². The summed E-state index contributed by atoms with van der Waals surface area (Å²) in [5, 5.41) is 10.7. The van der Waals surface area contributed by atoms with Crippen molar-refractivity contribution in [3.05, 3.63) is 133 Å². The van der Waals surface area contributed by atoms with Gasteiger partial charge < -0.3 is 15.2 Å². The van der Waals surface area contributed by atoms with E-state index >= 15 is 0 Å². The smallest absolute Gasteiger partial charge is 0.338 e. The molecule has 0 saturated carbocycles. The molecular formula is C46H54ClN5O9. The highest BCUT2D eigenvalue weighted by Crippen LogP contribution is 2.16. The lowest BCUT2D eigenvalue weighted by Crippen LogP contribution is -2.34. The van der Waals surface area contributed by atoms with E-state index in [1.54, 1.807) is 121 Å². The number of allylic oxidation sites excluding steroid dienone is 2. The second-order valence-corrected chi connectivity index (χ2v) is 15.1. The molecule has 0 bridgehead atoms. The van der Waals surface area contributed by atoms with Crippen LogP contribution in [0.4, 0.5) is 0 Å². The molecule has 2 aliphatic rings. The third-order valence-electron chi connectivity index (χ3n) is 7.30. The number of pyridine rings is 3. The number of hydrogen-bond acceptors (Lipinski definition) is 11. The van der Waals surface area contributed by atoms with Crippen molar-refractivity contribution >= 4 is 70.7 Å². The summed E-state index contributed by atoms with van der Waals surface area (Å²) in [6.45, 7) is 11.7. The molecule has 0 saturated heterocycles. The number of nitrogens with one attached hydrogen (secondary N) is 1. The maximum Gasteiger partial charge on any atom is 0.338 e. The minimum Gasteiger partial charge on any atom is -0.478 e. The van der Waals surface area contributed by atoms with Crippen molar-refractivity contribution in [1.29, 1.82) is 0 Å². The highest BCUT2D eigenvalue weighted by molar-refractivity contribution is 6.64. The lowest BCUT2D eigenvalue weighted by atomic mass is 9.97. The van der Waals surface area contributed by atoms with E-state index in [4.69, 9.17) is 16.7 Å². The molecule has 14 nitrogen and oxygen atoms in total. The fraction of sp³-hybridized carbons (Fsp3) is 0.304. The first-order chi connectivity index (χ1) is 28.8. The van der Waals surface area contributed by atoms with E-state index < -0.39 is 23.3 Å². The second-order valence-electron chi connectivity index (χ2n) is 14.8. The van der Waals surface area contributed by atoms with Crippen LogP contribution in [0.25, 0.3) is 18.2 Å². The van der Waals surface area contributed by atoms with Gasteiger partial charge in [-0.15, -0.1) is 0 Å². The Balaban J connectivity index is 0.000000400. The third kappa shape index (κ3) is 26.1. The van der Waals surface area contributed by atoms with Gasteiger partial charge in [-0.2, -0.15) is 0 Å². The Labute approximate surface area is 362 Å². The van der Waals surface area contributed by atoms with Crippen molar-refractivity contribution in [2.75, 3.05) is 13.1 Å². The number of ether oxygens (including phenoxy) is 1. The highest BCUT2D eigenvalue weighted by atomic mass is 35.5. The van der Waals surface area contributed by atoms with Crippen LogP contribution in [-0.2, 0) is 38.3 Å². The van der Waals surface area contributed by atoms with Gasteiger partial charge in [-0.1, -0.05) is 51.1 Å². The van der Waals surface area contributed by atoms with Crippen molar-refractivity contribution in [1.82, 2.24) is 25.2 Å². The molecule has 61 heavy (non-hydrogen) atoms. The topological polar surface area (TPSA) is 203 Å². The lowest BCUT2D eigenvalue weighted by Gasteiger charge is -2.15. The zero-order valence-corrected chi connectivity index (χ0v) is 36.1. The quantitative estimate of drug-likeness (QED) is 0.108. The number of aliphatic carboxylic acids is 1. The van der Waals surface area contributed by atoms with Gasteiger partial charge in [-0.25, -0.2) is 9.59 Å². The van der Waals surface area contributed by atoms with Crippen molar-refractivity contribution < 1.29 is 43.4 Å². The fourth-order valence-electron chi connectivity index (χ4n) is 3.91. The monoisotopic (exact) mass is 855 g/mol. The van der Waals surface area contributed by atoms with Gasteiger partial charge in [-0.3, -0.25) is 43.8 Å². The van der Waals surface area contributed by atoms with E-state index in [1.165, 1.54) is 35.3 Å². The van der Waals surface area contributed by atoms with Gasteiger partial charge in [0.1, 0.15) is 0 Å². The van der Waals surface area contributed by atoms with E-state index in [0.29, 0.717) is 23.6 Å². The Bertz CT molecular complexity index is 2020. The molecule has 15 heteroatoms. The summed E-state index contributed by atoms with van der Waals surface area (Å²) in [4.78, 5) is 90.2. The van der Waals surface area contributed by atoms with Gasteiger partial charge in [0.25, 0.3) is 11.8 Å². The molecule has 0 aromatic carbocycles. The number of carbonyl (C=O) groups is 7. The minimum atomic E-state index is -0.962. The average Bonchev–Trinajstić information content (AvgIpc) is 3.61. The molecule has 3 amide bonds. The number of imide groups is 1. The van der Waals surface area contributed by atoms with Crippen LogP contribution < -0.4 is 5.32 Å². The van der Waals surface area contributed by atoms with Crippen molar-refractivity contribution in [2.45, 2.75) is 67.2 Å². The van der Waals surface area contributed by atoms with E-state index in [1.807, 2.05) is 18.2 Å². The summed E-state index contributed by atoms with van der Waals surface area (Å²) in [6.07, 6.45) is 23.6. The number of carbonyl (C=O) groups excluding carboxylic acids is 6. The minimum absolute atomic E-state index is 0.0440. The highest BCUT2D eigenvalue weighted by Gasteiger charge is 2.25. The molecular weight excluding hydrogens is 802 g/mol. The number of hydrogen-bond donors (Lipinski definition) is 2. The first kappa shape index (κ1) is 52.3. The van der Waals surface area contributed by atoms with E-state index in [0.717, 1.165) is 38.3 Å². The molecule has 0 atom stereocenters. The summed E-state index contributed by atoms with van der Waals surface area (Å²) in [7, 11) is 0. The van der Waals surface area contributed by atoms with Crippen molar-refractivity contribution in [3.63, 3.8) is 0 Å². The standard InChI is InChI=1S/C14H14N2O2.C13H15NO3.C8H7NO2.C6H9NO.C5H9ClO/c17-13-7-2-1-5-11-16(13)14(18)9-8-12-6-3-4-10-15-12;1-13(2,3)12(16)17-11(15)8-7-10-6-4-5-9-14-10;10-8(11)5-4-7-3-1-2-6-9-7;8-6-4-2-1-3-5-7-6;1-5(2,3)4(6)7/h2-4,6-10H,1,5,11H2;4-9H,1-3H3;1-6H,(H,10,11);2,4H,1,3,5H2,(H,7,8);1-3H3/b9-8+;8-7+;5-4+;;. The van der Waals surface area contributed by atoms with Gasteiger partial charge in [0.2, 0.25) is 11.1 Å². The first-order valence-corrected chi connectivity index (χ1v) is 19.6. The van der Waals surface area contributed by atoms with Crippen molar-refractivity contribution in [2.24, 2.45) is 10.8 Å². The summed E-state index contributed by atoms with van der Waals surface area (Å²) >= 11 is 5.11. The maximum absolute atomic E-state index is 11.9. The number of halogens is 1. The van der Waals surface area contributed by atoms with E-state index in [9.17, 15) is 33.6 Å². The molecule has 0 radical (unpaired) electrons.